The van der Waals surface area contributed by atoms with Crippen molar-refractivity contribution in [1.29, 1.82) is 0 Å². The normalized spacial score (nSPS) is 25.6. The van der Waals surface area contributed by atoms with Crippen molar-refractivity contribution in [1.82, 2.24) is 4.90 Å². The summed E-state index contributed by atoms with van der Waals surface area (Å²) in [6.45, 7) is 2.41. The third-order valence-electron chi connectivity index (χ3n) is 1.51. The maximum absolute atomic E-state index is 11.8. The highest BCUT2D eigenvalue weighted by atomic mass is 19.1. The van der Waals surface area contributed by atoms with E-state index in [0.717, 1.165) is 13.0 Å². The van der Waals surface area contributed by atoms with E-state index in [4.69, 9.17) is 0 Å². The van der Waals surface area contributed by atoms with Crippen molar-refractivity contribution in [2.45, 2.75) is 19.4 Å². The number of rotatable bonds is 2. The van der Waals surface area contributed by atoms with Gasteiger partial charge in [0.05, 0.1) is 12.4 Å². The molecule has 0 aromatic rings. The predicted octanol–water partition coefficient (Wildman–Crippen LogP) is 1.04. The summed E-state index contributed by atoms with van der Waals surface area (Å²) in [6.07, 6.45) is 2.60. The maximum Gasteiger partial charge on any atom is 0.162 e. The molecule has 0 aromatic carbocycles. The summed E-state index contributed by atoms with van der Waals surface area (Å²) in [6, 6.07) is 0.334. The van der Waals surface area contributed by atoms with E-state index < -0.39 is 6.80 Å². The summed E-state index contributed by atoms with van der Waals surface area (Å²) < 4.78 is 11.8. The molecule has 0 bridgehead atoms. The van der Waals surface area contributed by atoms with E-state index in [1.165, 1.54) is 0 Å². The van der Waals surface area contributed by atoms with Gasteiger partial charge >= 0.3 is 0 Å². The zero-order chi connectivity index (χ0) is 6.69. The molecule has 0 aromatic heterocycles. The Morgan fingerprint density at radius 1 is 1.89 bits per heavy atom. The Labute approximate surface area is 54.4 Å². The molecule has 1 rings (SSSR count). The second kappa shape index (κ2) is 2.80. The number of hydrogen-bond acceptors (Lipinski definition) is 2. The van der Waals surface area contributed by atoms with Gasteiger partial charge in [0, 0.05) is 6.54 Å². The van der Waals surface area contributed by atoms with Crippen LogP contribution in [0, 0.1) is 0 Å². The molecule has 9 heavy (non-hydrogen) atoms. The first-order chi connectivity index (χ1) is 4.36. The number of aliphatic imine (C=N–C) groups is 1. The van der Waals surface area contributed by atoms with E-state index in [1.54, 1.807) is 11.2 Å². The van der Waals surface area contributed by atoms with E-state index in [-0.39, 0.29) is 0 Å². The molecule has 0 fully saturated rings. The monoisotopic (exact) mass is 130 g/mol. The average molecular weight is 130 g/mol. The zero-order valence-electron chi connectivity index (χ0n) is 5.55. The Morgan fingerprint density at radius 3 is 3.00 bits per heavy atom. The fourth-order valence-corrected chi connectivity index (χ4v) is 0.868. The minimum atomic E-state index is -0.403. The molecule has 0 aliphatic carbocycles. The van der Waals surface area contributed by atoms with Crippen LogP contribution in [0.2, 0.25) is 0 Å². The van der Waals surface area contributed by atoms with Crippen molar-refractivity contribution in [3.8, 4) is 0 Å². The lowest BCUT2D eigenvalue weighted by molar-refractivity contribution is 0.291. The van der Waals surface area contributed by atoms with Gasteiger partial charge in [-0.2, -0.15) is 0 Å². The highest BCUT2D eigenvalue weighted by Crippen LogP contribution is 2.05. The topological polar surface area (TPSA) is 15.6 Å². The summed E-state index contributed by atoms with van der Waals surface area (Å²) in [5.41, 5.74) is 0. The minimum absolute atomic E-state index is 0.334. The van der Waals surface area contributed by atoms with Gasteiger partial charge in [-0.05, 0) is 6.42 Å². The second-order valence-corrected chi connectivity index (χ2v) is 2.22. The number of nitrogens with zero attached hydrogens (tertiary/aromatic N) is 2. The van der Waals surface area contributed by atoms with Crippen LogP contribution in [0.5, 0.6) is 0 Å². The summed E-state index contributed by atoms with van der Waals surface area (Å²) in [5, 5.41) is 0. The second-order valence-electron chi connectivity index (χ2n) is 2.22. The van der Waals surface area contributed by atoms with Gasteiger partial charge in [-0.1, -0.05) is 6.92 Å². The van der Waals surface area contributed by atoms with E-state index in [9.17, 15) is 4.39 Å². The maximum atomic E-state index is 11.8. The van der Waals surface area contributed by atoms with E-state index in [0.29, 0.717) is 6.04 Å². The smallest absolute Gasteiger partial charge is 0.162 e. The Bertz CT molecular complexity index is 102. The SMILES string of the molecule is CCC1CN(CF)C=N1. The average Bonchev–Trinajstić information content (AvgIpc) is 2.34. The molecule has 0 radical (unpaired) electrons. The number of hydrogen-bond donors (Lipinski definition) is 0. The summed E-state index contributed by atoms with van der Waals surface area (Å²) in [4.78, 5) is 5.64. The molecule has 3 heteroatoms. The van der Waals surface area contributed by atoms with Crippen LogP contribution in [0.25, 0.3) is 0 Å². The van der Waals surface area contributed by atoms with Crippen LogP contribution in [-0.4, -0.2) is 30.6 Å². The molecule has 2 nitrogen and oxygen atoms in total. The fraction of sp³-hybridized carbons (Fsp3) is 0.833. The van der Waals surface area contributed by atoms with Gasteiger partial charge in [0.25, 0.3) is 0 Å². The van der Waals surface area contributed by atoms with Crippen LogP contribution in [0.4, 0.5) is 4.39 Å². The molecule has 0 spiro atoms. The van der Waals surface area contributed by atoms with Crippen molar-refractivity contribution in [3.05, 3.63) is 0 Å². The van der Waals surface area contributed by atoms with Crippen molar-refractivity contribution >= 4 is 6.34 Å². The zero-order valence-corrected chi connectivity index (χ0v) is 5.55. The van der Waals surface area contributed by atoms with Gasteiger partial charge in [-0.15, -0.1) is 0 Å². The standard InChI is InChI=1S/C6H11FN2/c1-2-6-3-9(4-7)5-8-6/h5-6H,2-4H2,1H3. The molecule has 1 heterocycles. The van der Waals surface area contributed by atoms with Gasteiger partial charge < -0.3 is 4.90 Å². The molecule has 0 N–H and O–H groups in total. The van der Waals surface area contributed by atoms with Gasteiger partial charge in [0.2, 0.25) is 0 Å². The van der Waals surface area contributed by atoms with E-state index >= 15 is 0 Å². The quantitative estimate of drug-likeness (QED) is 0.510. The first-order valence-corrected chi connectivity index (χ1v) is 3.20. The molecule has 1 aliphatic heterocycles. The molecule has 52 valence electrons. The van der Waals surface area contributed by atoms with Gasteiger partial charge in [0.15, 0.2) is 6.80 Å². The lowest BCUT2D eigenvalue weighted by Crippen LogP contribution is -2.21. The number of alkyl halides is 1. The number of halogens is 1. The molecular formula is C6H11FN2. The first-order valence-electron chi connectivity index (χ1n) is 3.20. The van der Waals surface area contributed by atoms with E-state index in [1.807, 2.05) is 0 Å². The molecule has 0 saturated carbocycles. The van der Waals surface area contributed by atoms with Gasteiger partial charge in [0.1, 0.15) is 0 Å². The van der Waals surface area contributed by atoms with Crippen molar-refractivity contribution < 1.29 is 4.39 Å². The Morgan fingerprint density at radius 2 is 2.67 bits per heavy atom. The summed E-state index contributed by atoms with van der Waals surface area (Å²) >= 11 is 0. The molecule has 1 atom stereocenters. The van der Waals surface area contributed by atoms with Gasteiger partial charge in [-0.25, -0.2) is 4.39 Å². The van der Waals surface area contributed by atoms with E-state index in [2.05, 4.69) is 11.9 Å². The summed E-state index contributed by atoms with van der Waals surface area (Å²) in [5.74, 6) is 0. The third-order valence-corrected chi connectivity index (χ3v) is 1.51. The Hall–Kier alpha value is -0.600. The Balaban J connectivity index is 2.31. The largest absolute Gasteiger partial charge is 0.333 e. The molecule has 0 amide bonds. The highest BCUT2D eigenvalue weighted by Gasteiger charge is 2.13. The molecule has 0 saturated heterocycles. The van der Waals surface area contributed by atoms with Crippen LogP contribution in [0.15, 0.2) is 4.99 Å². The first kappa shape index (κ1) is 6.52. The highest BCUT2D eigenvalue weighted by molar-refractivity contribution is 5.57. The summed E-state index contributed by atoms with van der Waals surface area (Å²) in [7, 11) is 0. The van der Waals surface area contributed by atoms with Crippen molar-refractivity contribution in [3.63, 3.8) is 0 Å². The van der Waals surface area contributed by atoms with Crippen LogP contribution in [0.1, 0.15) is 13.3 Å². The van der Waals surface area contributed by atoms with Crippen LogP contribution < -0.4 is 0 Å². The van der Waals surface area contributed by atoms with Crippen LogP contribution >= 0.6 is 0 Å². The minimum Gasteiger partial charge on any atom is -0.333 e. The molecule has 1 aliphatic rings. The van der Waals surface area contributed by atoms with Crippen LogP contribution in [0.3, 0.4) is 0 Å². The van der Waals surface area contributed by atoms with Crippen molar-refractivity contribution in [2.75, 3.05) is 13.3 Å². The molecule has 1 unspecified atom stereocenters. The van der Waals surface area contributed by atoms with Crippen molar-refractivity contribution in [2.24, 2.45) is 4.99 Å². The van der Waals surface area contributed by atoms with Crippen LogP contribution in [-0.2, 0) is 0 Å². The van der Waals surface area contributed by atoms with Gasteiger partial charge in [-0.3, -0.25) is 4.99 Å². The fourth-order valence-electron chi connectivity index (χ4n) is 0.868. The predicted molar refractivity (Wildman–Crippen MR) is 35.3 cm³/mol. The lowest BCUT2D eigenvalue weighted by atomic mass is 10.2. The third kappa shape index (κ3) is 1.40. The molecular weight excluding hydrogens is 119 g/mol. The Kier molecular flexibility index (Phi) is 2.03. The lowest BCUT2D eigenvalue weighted by Gasteiger charge is -2.08.